The number of thiol groups is 2. The minimum Gasteiger partial charge on any atom is -0.508 e. The summed E-state index contributed by atoms with van der Waals surface area (Å²) in [6.45, 7) is -1.57. The van der Waals surface area contributed by atoms with Crippen LogP contribution in [0.15, 0.2) is 128 Å². The third kappa shape index (κ3) is 37.1. The number of carbonyl (C=O) groups is 16. The first-order valence-corrected chi connectivity index (χ1v) is 41.2. The van der Waals surface area contributed by atoms with Crippen molar-refractivity contribution in [2.75, 3.05) is 51.0 Å². The third-order valence-electron chi connectivity index (χ3n) is 19.1. The number of aromatic amines is 1. The summed E-state index contributed by atoms with van der Waals surface area (Å²) in [6.07, 6.45) is 0.325. The zero-order chi connectivity index (χ0) is 93.8. The lowest BCUT2D eigenvalue weighted by atomic mass is 10.0. The highest BCUT2D eigenvalue weighted by Gasteiger charge is 2.39. The van der Waals surface area contributed by atoms with Gasteiger partial charge in [-0.05, 0) is 72.4 Å². The number of nitrogens with two attached hydrogens (primary N) is 3. The highest BCUT2D eigenvalue weighted by atomic mass is 32.1. The number of H-pyrrole nitrogens is 1. The van der Waals surface area contributed by atoms with Gasteiger partial charge in [0.2, 0.25) is 82.7 Å². The number of phenolic OH excluding ortho intramolecular Hbond substituents is 1. The van der Waals surface area contributed by atoms with Crippen LogP contribution in [0.25, 0.3) is 0 Å². The quantitative estimate of drug-likeness (QED) is 0.00744. The Bertz CT molecular complexity index is 4530. The monoisotopic (exact) mass is 1810 g/mol. The molecular weight excluding hydrogens is 1700 g/mol. The predicted molar refractivity (Wildman–Crippen MR) is 463 cm³/mol. The van der Waals surface area contributed by atoms with E-state index in [1.807, 2.05) is 0 Å². The SMILES string of the molecule is CC(C)[C@H](NC(=O)[C@H](CS)NC(=O)[C@H](Cc1cnc[nH]1)NC(=O)[C@@H](N)Cc1ccccc1)C(=O)N[C@@H](CO)C(=O)N[C@@H](CC(=O)O)C(=O)NCC(=O)N[C@@H](Cc1ccccc1)C(=O)N[C@@H](Cc1ccccc1)C(=O)N[C@@H](CO)C(=O)N[C@@H](CO)C(=O)N[C@@H](CCCNC(=N)N)C(=O)N[C@@H](CS)C(=O)N[C@@H](Cc1ccc(O)cc1)C(=O)N[C@@H](CCCNC(=N)N)C(=O)O. The molecule has 47 heteroatoms. The molecule has 0 saturated heterocycles. The molecule has 0 aliphatic rings. The Morgan fingerprint density at radius 3 is 1.16 bits per heavy atom. The van der Waals surface area contributed by atoms with E-state index in [4.69, 9.17) is 28.0 Å². The third-order valence-corrected chi connectivity index (χ3v) is 19.8. The molecule has 14 amide bonds. The van der Waals surface area contributed by atoms with Crippen molar-refractivity contribution < 1.29 is 107 Å². The van der Waals surface area contributed by atoms with Crippen LogP contribution in [0.3, 0.4) is 0 Å². The molecule has 45 nitrogen and oxygen atoms in total. The van der Waals surface area contributed by atoms with Crippen LogP contribution in [0.4, 0.5) is 0 Å². The standard InChI is InChI=1S/C80H111N23O22S2/c1-42(2)64(103-76(122)61(40-127)102-71(117)55(32-47-34-86-41-90-47)94-65(111)49(81)28-43-14-6-3-7-15-43)77(123)100-59(38-106)73(119)97-56(33-63(109)110)66(112)89-35-62(108)91-52(29-44-16-8-4-9-17-44)68(114)95-53(30-45-18-10-5-11-19-45)70(116)98-58(37-105)74(120)99-57(36-104)72(118)92-50(20-12-26-87-79(82)83)67(113)101-60(39-126)75(121)96-54(31-46-22-24-48(107)25-23-46)69(115)93-51(78(124)125)21-13-27-88-80(84)85/h3-11,14-19,22-25,34,41-42,49-61,64,104-107,126-127H,12-13,20-21,26-33,35-40,81H2,1-2H3,(H,86,90)(H,89,112)(H,91,108)(H,92,118)(H,93,115)(H,94,111)(H,95,114)(H,96,121)(H,97,119)(H,98,116)(H,99,120)(H,100,123)(H,101,113)(H,102,117)(H,103,122)(H,109,110)(H,124,125)(H4,82,83,87)(H4,84,85,88)/t49-,50-,51-,52-,53-,54-,55-,56-,57-,58-,59-,60-,61-,64-/m0/s1. The molecule has 0 saturated carbocycles. The number of nitrogens with zero attached hydrogens (tertiary/aromatic N) is 1. The van der Waals surface area contributed by atoms with Crippen LogP contribution >= 0.6 is 25.3 Å². The molecule has 0 aliphatic carbocycles. The maximum Gasteiger partial charge on any atom is 0.326 e. The smallest absolute Gasteiger partial charge is 0.326 e. The number of rotatable bonds is 55. The van der Waals surface area contributed by atoms with Gasteiger partial charge in [-0.1, -0.05) is 117 Å². The number of hydrogen-bond acceptors (Lipinski definition) is 26. The number of aromatic hydroxyl groups is 1. The van der Waals surface area contributed by atoms with Crippen molar-refractivity contribution in [1.82, 2.24) is 95.0 Å². The number of nitrogens with one attached hydrogen (secondary N) is 19. The molecule has 0 unspecified atom stereocenters. The number of phenols is 1. The summed E-state index contributed by atoms with van der Waals surface area (Å²) in [7, 11) is 0. The number of guanidine groups is 2. The molecule has 1 aromatic heterocycles. The van der Waals surface area contributed by atoms with E-state index in [0.29, 0.717) is 22.4 Å². The van der Waals surface area contributed by atoms with Gasteiger partial charge in [0.25, 0.3) is 0 Å². The zero-order valence-electron chi connectivity index (χ0n) is 69.3. The molecule has 31 N–H and O–H groups in total. The summed E-state index contributed by atoms with van der Waals surface area (Å²) in [5.74, 6) is -20.9. The van der Waals surface area contributed by atoms with E-state index in [0.717, 1.165) is 5.56 Å². The van der Waals surface area contributed by atoms with Crippen LogP contribution < -0.4 is 102 Å². The van der Waals surface area contributed by atoms with Crippen molar-refractivity contribution in [3.05, 3.63) is 156 Å². The Morgan fingerprint density at radius 1 is 0.402 bits per heavy atom. The first-order chi connectivity index (χ1) is 60.4. The van der Waals surface area contributed by atoms with Gasteiger partial charge in [0, 0.05) is 62.2 Å². The molecule has 690 valence electrons. The number of carbonyl (C=O) groups excluding carboxylic acids is 14. The van der Waals surface area contributed by atoms with E-state index in [1.165, 1.54) is 50.6 Å². The minimum atomic E-state index is -2.03. The van der Waals surface area contributed by atoms with Crippen LogP contribution in [0, 0.1) is 16.7 Å². The second kappa shape index (κ2) is 54.3. The lowest BCUT2D eigenvalue weighted by molar-refractivity contribution is -0.142. The van der Waals surface area contributed by atoms with Gasteiger partial charge in [-0.25, -0.2) is 9.78 Å². The number of carboxylic acids is 2. The lowest BCUT2D eigenvalue weighted by Gasteiger charge is -2.28. The highest BCUT2D eigenvalue weighted by Crippen LogP contribution is 2.16. The first kappa shape index (κ1) is 104. The topological polar surface area (TPSA) is 741 Å². The average Bonchev–Trinajstić information content (AvgIpc) is 1.59. The van der Waals surface area contributed by atoms with Crippen molar-refractivity contribution in [2.24, 2.45) is 23.1 Å². The number of benzene rings is 4. The number of carboxylic acid groups (broad SMARTS) is 2. The molecule has 5 rings (SSSR count). The second-order valence-electron chi connectivity index (χ2n) is 29.4. The van der Waals surface area contributed by atoms with Gasteiger partial charge in [0.05, 0.1) is 45.2 Å². The molecule has 4 aromatic carbocycles. The van der Waals surface area contributed by atoms with Crippen molar-refractivity contribution >= 4 is 132 Å². The highest BCUT2D eigenvalue weighted by molar-refractivity contribution is 7.80. The summed E-state index contributed by atoms with van der Waals surface area (Å²) in [4.78, 5) is 227. The van der Waals surface area contributed by atoms with Crippen LogP contribution in [0.5, 0.6) is 5.75 Å². The van der Waals surface area contributed by atoms with Crippen molar-refractivity contribution in [2.45, 2.75) is 163 Å². The number of hydrogen-bond donors (Lipinski definition) is 30. The molecule has 0 bridgehead atoms. The fraction of sp³-hybridized carbons (Fsp3) is 0.438. The van der Waals surface area contributed by atoms with E-state index < -0.39 is 230 Å². The second-order valence-corrected chi connectivity index (χ2v) is 30.1. The van der Waals surface area contributed by atoms with E-state index in [2.05, 4.69) is 120 Å². The lowest BCUT2D eigenvalue weighted by Crippen LogP contribution is -2.62. The van der Waals surface area contributed by atoms with Crippen molar-refractivity contribution in [1.29, 1.82) is 10.8 Å². The van der Waals surface area contributed by atoms with E-state index in [1.54, 1.807) is 91.0 Å². The number of amides is 14. The Labute approximate surface area is 739 Å². The number of imidazole rings is 1. The van der Waals surface area contributed by atoms with Gasteiger partial charge in [-0.2, -0.15) is 25.3 Å². The Morgan fingerprint density at radius 2 is 0.748 bits per heavy atom. The minimum absolute atomic E-state index is 0.0235. The molecule has 5 aromatic rings. The van der Waals surface area contributed by atoms with E-state index in [-0.39, 0.29) is 88.3 Å². The van der Waals surface area contributed by atoms with Gasteiger partial charge in [-0.3, -0.25) is 82.7 Å². The van der Waals surface area contributed by atoms with Gasteiger partial charge in [0.15, 0.2) is 11.9 Å². The number of aliphatic carboxylic acids is 2. The van der Waals surface area contributed by atoms with Crippen LogP contribution in [-0.4, -0.2) is 283 Å². The molecular formula is C80H111N23O22S2. The number of aliphatic hydroxyl groups excluding tert-OH is 3. The van der Waals surface area contributed by atoms with Crippen molar-refractivity contribution in [3.8, 4) is 5.75 Å². The zero-order valence-corrected chi connectivity index (χ0v) is 71.1. The van der Waals surface area contributed by atoms with Gasteiger partial charge in [0.1, 0.15) is 84.3 Å². The summed E-state index contributed by atoms with van der Waals surface area (Å²) in [5, 5.41) is 115. The van der Waals surface area contributed by atoms with Crippen LogP contribution in [-0.2, 0) is 109 Å². The molecule has 0 aliphatic heterocycles. The van der Waals surface area contributed by atoms with E-state index in [9.17, 15) is 107 Å². The normalized spacial score (nSPS) is 14.3. The fourth-order valence-electron chi connectivity index (χ4n) is 12.2. The molecule has 0 fully saturated rings. The van der Waals surface area contributed by atoms with Crippen LogP contribution in [0.1, 0.15) is 73.9 Å². The maximum atomic E-state index is 14.6. The van der Waals surface area contributed by atoms with Gasteiger partial charge in [-0.15, -0.1) is 0 Å². The molecule has 0 radical (unpaired) electrons. The Hall–Kier alpha value is -13.5. The molecule has 14 atom stereocenters. The largest absolute Gasteiger partial charge is 0.508 e. The van der Waals surface area contributed by atoms with Crippen molar-refractivity contribution in [3.63, 3.8) is 0 Å². The Balaban J connectivity index is 1.27. The summed E-state index contributed by atoms with van der Waals surface area (Å²) in [6, 6.07) is 7.31. The molecule has 127 heavy (non-hydrogen) atoms. The summed E-state index contributed by atoms with van der Waals surface area (Å²) < 4.78 is 0. The first-order valence-electron chi connectivity index (χ1n) is 40.0. The van der Waals surface area contributed by atoms with Crippen LogP contribution in [0.2, 0.25) is 0 Å². The summed E-state index contributed by atoms with van der Waals surface area (Å²) >= 11 is 8.48. The maximum absolute atomic E-state index is 14.6. The van der Waals surface area contributed by atoms with E-state index >= 15 is 0 Å². The summed E-state index contributed by atoms with van der Waals surface area (Å²) in [5.41, 5.74) is 19.4. The molecule has 0 spiro atoms. The van der Waals surface area contributed by atoms with Gasteiger partial charge < -0.3 is 138 Å². The molecule has 1 heterocycles. The predicted octanol–water partition coefficient (Wildman–Crippen LogP) is -8.05. The number of aliphatic hydroxyl groups is 3. The fourth-order valence-corrected chi connectivity index (χ4v) is 12.8. The Kier molecular flexibility index (Phi) is 44.5. The number of aromatic nitrogens is 2. The van der Waals surface area contributed by atoms with Gasteiger partial charge >= 0.3 is 11.9 Å². The average molecular weight is 1810 g/mol.